The minimum absolute atomic E-state index is 0.219. The van der Waals surface area contributed by atoms with E-state index in [9.17, 15) is 8.42 Å². The first-order chi connectivity index (χ1) is 14.6. The van der Waals surface area contributed by atoms with Crippen LogP contribution in [0.25, 0.3) is 0 Å². The van der Waals surface area contributed by atoms with E-state index in [-0.39, 0.29) is 10.3 Å². The lowest BCUT2D eigenvalue weighted by Crippen LogP contribution is -2.58. The van der Waals surface area contributed by atoms with E-state index >= 15 is 0 Å². The number of likely N-dealkylation sites (N-methyl/N-ethyl adjacent to an activating group) is 1. The number of sulfonamides is 1. The Morgan fingerprint density at radius 3 is 2.45 bits per heavy atom. The second-order valence-corrected chi connectivity index (χ2v) is 11.2. The Morgan fingerprint density at radius 2 is 1.74 bits per heavy atom. The SMILES string of the molecule is CN1c2ccccc2C(C)(C)[C@@]12Cc1cc(NS(=O)(=O)c3ccc(Br)cc3)ccc1O2. The number of para-hydroxylation sites is 1. The Hall–Kier alpha value is -2.51. The summed E-state index contributed by atoms with van der Waals surface area (Å²) in [6, 6.07) is 20.4. The molecule has 5 rings (SSSR count). The third-order valence-corrected chi connectivity index (χ3v) is 8.53. The standard InChI is InChI=1S/C24H23BrN2O3S/c1-23(2)20-6-4-5-7-21(20)27(3)24(23)15-16-14-18(10-13-22(16)30-24)26-31(28,29)19-11-8-17(25)9-12-19/h4-14,26H,15H2,1-3H3/t24-/m0/s1. The van der Waals surface area contributed by atoms with Gasteiger partial charge in [0.1, 0.15) is 5.75 Å². The summed E-state index contributed by atoms with van der Waals surface area (Å²) in [4.78, 5) is 2.43. The lowest BCUT2D eigenvalue weighted by atomic mass is 9.76. The van der Waals surface area contributed by atoms with Gasteiger partial charge in [-0.15, -0.1) is 0 Å². The molecular formula is C24H23BrN2O3S. The van der Waals surface area contributed by atoms with Crippen molar-refractivity contribution in [3.05, 3.63) is 82.3 Å². The predicted octanol–water partition coefficient (Wildman–Crippen LogP) is 5.31. The summed E-state index contributed by atoms with van der Waals surface area (Å²) < 4.78 is 35.7. The Balaban J connectivity index is 1.47. The minimum Gasteiger partial charge on any atom is -0.466 e. The maximum atomic E-state index is 12.8. The molecule has 2 aliphatic rings. The summed E-state index contributed by atoms with van der Waals surface area (Å²) in [7, 11) is -1.61. The fraction of sp³-hybridized carbons (Fsp3) is 0.250. The van der Waals surface area contributed by atoms with Crippen molar-refractivity contribution < 1.29 is 13.2 Å². The van der Waals surface area contributed by atoms with E-state index in [1.165, 1.54) is 5.56 Å². The fourth-order valence-electron chi connectivity index (χ4n) is 4.84. The molecule has 31 heavy (non-hydrogen) atoms. The van der Waals surface area contributed by atoms with Crippen molar-refractivity contribution >= 4 is 37.3 Å². The van der Waals surface area contributed by atoms with Crippen molar-refractivity contribution in [1.82, 2.24) is 0 Å². The van der Waals surface area contributed by atoms with Gasteiger partial charge in [0.15, 0.2) is 5.72 Å². The van der Waals surface area contributed by atoms with Gasteiger partial charge in [0.2, 0.25) is 0 Å². The van der Waals surface area contributed by atoms with Crippen LogP contribution in [0.1, 0.15) is 25.0 Å². The second-order valence-electron chi connectivity index (χ2n) is 8.65. The topological polar surface area (TPSA) is 58.6 Å². The molecular weight excluding hydrogens is 476 g/mol. The van der Waals surface area contributed by atoms with Crippen LogP contribution in [0.2, 0.25) is 0 Å². The van der Waals surface area contributed by atoms with E-state index in [0.29, 0.717) is 12.1 Å². The zero-order valence-electron chi connectivity index (χ0n) is 17.5. The molecule has 0 unspecified atom stereocenters. The number of rotatable bonds is 3. The summed E-state index contributed by atoms with van der Waals surface area (Å²) >= 11 is 3.33. The molecule has 0 aliphatic carbocycles. The molecule has 160 valence electrons. The third kappa shape index (κ3) is 2.97. The normalized spacial score (nSPS) is 21.0. The van der Waals surface area contributed by atoms with Crippen LogP contribution in [0.3, 0.4) is 0 Å². The van der Waals surface area contributed by atoms with Crippen LogP contribution in [0.5, 0.6) is 5.75 Å². The van der Waals surface area contributed by atoms with Crippen LogP contribution in [0, 0.1) is 0 Å². The second kappa shape index (κ2) is 6.74. The third-order valence-electron chi connectivity index (χ3n) is 6.60. The monoisotopic (exact) mass is 498 g/mol. The van der Waals surface area contributed by atoms with Gasteiger partial charge in [0, 0.05) is 34.9 Å². The van der Waals surface area contributed by atoms with Crippen molar-refractivity contribution in [2.24, 2.45) is 0 Å². The number of hydrogen-bond acceptors (Lipinski definition) is 4. The van der Waals surface area contributed by atoms with Crippen molar-refractivity contribution in [3.8, 4) is 5.75 Å². The maximum Gasteiger partial charge on any atom is 0.261 e. The smallest absolute Gasteiger partial charge is 0.261 e. The van der Waals surface area contributed by atoms with Gasteiger partial charge in [-0.2, -0.15) is 0 Å². The lowest BCUT2D eigenvalue weighted by molar-refractivity contribution is 0.0350. The lowest BCUT2D eigenvalue weighted by Gasteiger charge is -2.42. The number of anilines is 2. The Labute approximate surface area is 191 Å². The molecule has 0 aromatic heterocycles. The molecule has 0 fully saturated rings. The highest BCUT2D eigenvalue weighted by atomic mass is 79.9. The number of nitrogens with one attached hydrogen (secondary N) is 1. The van der Waals surface area contributed by atoms with Crippen molar-refractivity contribution in [2.75, 3.05) is 16.7 Å². The molecule has 3 aromatic carbocycles. The molecule has 1 atom stereocenters. The first-order valence-electron chi connectivity index (χ1n) is 10.1. The summed E-state index contributed by atoms with van der Waals surface area (Å²) in [6.45, 7) is 4.41. The molecule has 0 radical (unpaired) electrons. The van der Waals surface area contributed by atoms with Gasteiger partial charge in [-0.25, -0.2) is 8.42 Å². The molecule has 1 spiro atoms. The van der Waals surface area contributed by atoms with Gasteiger partial charge >= 0.3 is 0 Å². The molecule has 1 N–H and O–H groups in total. The van der Waals surface area contributed by atoms with Gasteiger partial charge in [-0.3, -0.25) is 4.72 Å². The average Bonchev–Trinajstić information content (AvgIpc) is 3.19. The van der Waals surface area contributed by atoms with E-state index < -0.39 is 15.7 Å². The van der Waals surface area contributed by atoms with E-state index in [1.54, 1.807) is 30.3 Å². The van der Waals surface area contributed by atoms with Gasteiger partial charge in [-0.05, 0) is 67.9 Å². The van der Waals surface area contributed by atoms with Crippen molar-refractivity contribution in [2.45, 2.75) is 36.3 Å². The van der Waals surface area contributed by atoms with Crippen LogP contribution < -0.4 is 14.4 Å². The molecule has 0 amide bonds. The van der Waals surface area contributed by atoms with E-state index in [1.807, 2.05) is 18.2 Å². The highest BCUT2D eigenvalue weighted by molar-refractivity contribution is 9.10. The van der Waals surface area contributed by atoms with Crippen LogP contribution >= 0.6 is 15.9 Å². The highest BCUT2D eigenvalue weighted by Gasteiger charge is 2.60. The summed E-state index contributed by atoms with van der Waals surface area (Å²) in [5.41, 5.74) is 3.14. The quantitative estimate of drug-likeness (QED) is 0.531. The first-order valence-corrected chi connectivity index (χ1v) is 12.4. The molecule has 0 saturated heterocycles. The van der Waals surface area contributed by atoms with Crippen molar-refractivity contribution in [3.63, 3.8) is 0 Å². The Bertz CT molecular complexity index is 1290. The first kappa shape index (κ1) is 20.4. The summed E-state index contributed by atoms with van der Waals surface area (Å²) in [5.74, 6) is 0.791. The average molecular weight is 499 g/mol. The molecule has 0 saturated carbocycles. The number of benzene rings is 3. The summed E-state index contributed by atoms with van der Waals surface area (Å²) in [5, 5.41) is 0. The van der Waals surface area contributed by atoms with Gasteiger partial charge < -0.3 is 9.64 Å². The molecule has 0 bridgehead atoms. The van der Waals surface area contributed by atoms with Crippen LogP contribution in [-0.4, -0.2) is 21.2 Å². The fourth-order valence-corrected chi connectivity index (χ4v) is 6.15. The molecule has 2 heterocycles. The van der Waals surface area contributed by atoms with Gasteiger partial charge in [0.05, 0.1) is 10.3 Å². The van der Waals surface area contributed by atoms with E-state index in [0.717, 1.165) is 21.5 Å². The predicted molar refractivity (Wildman–Crippen MR) is 126 cm³/mol. The summed E-state index contributed by atoms with van der Waals surface area (Å²) in [6.07, 6.45) is 0.661. The largest absolute Gasteiger partial charge is 0.466 e. The number of fused-ring (bicyclic) bond motifs is 2. The van der Waals surface area contributed by atoms with Crippen LogP contribution in [0.15, 0.2) is 76.1 Å². The van der Waals surface area contributed by atoms with E-state index in [4.69, 9.17) is 4.74 Å². The molecule has 5 nitrogen and oxygen atoms in total. The molecule has 3 aromatic rings. The molecule has 7 heteroatoms. The number of nitrogens with zero attached hydrogens (tertiary/aromatic N) is 1. The number of ether oxygens (including phenoxy) is 1. The zero-order valence-corrected chi connectivity index (χ0v) is 19.9. The Kier molecular flexibility index (Phi) is 4.44. The minimum atomic E-state index is -3.67. The maximum absolute atomic E-state index is 12.8. The Morgan fingerprint density at radius 1 is 1.03 bits per heavy atom. The zero-order chi connectivity index (χ0) is 22.0. The van der Waals surface area contributed by atoms with Crippen LogP contribution in [0.4, 0.5) is 11.4 Å². The van der Waals surface area contributed by atoms with Gasteiger partial charge in [0.25, 0.3) is 10.0 Å². The number of hydrogen-bond donors (Lipinski definition) is 1. The molecule has 2 aliphatic heterocycles. The number of halogens is 1. The van der Waals surface area contributed by atoms with Gasteiger partial charge in [-0.1, -0.05) is 34.1 Å². The highest BCUT2D eigenvalue weighted by Crippen LogP contribution is 2.56. The van der Waals surface area contributed by atoms with Crippen molar-refractivity contribution in [1.29, 1.82) is 0 Å². The van der Waals surface area contributed by atoms with E-state index in [2.05, 4.69) is 64.6 Å². The van der Waals surface area contributed by atoms with Crippen LogP contribution in [-0.2, 0) is 21.9 Å².